The summed E-state index contributed by atoms with van der Waals surface area (Å²) >= 11 is 0. The summed E-state index contributed by atoms with van der Waals surface area (Å²) in [7, 11) is 0. The third kappa shape index (κ3) is 4.82. The van der Waals surface area contributed by atoms with Crippen LogP contribution in [0.15, 0.2) is 78.9 Å². The van der Waals surface area contributed by atoms with Crippen molar-refractivity contribution in [2.45, 2.75) is 25.5 Å². The Bertz CT molecular complexity index is 1010. The van der Waals surface area contributed by atoms with E-state index in [9.17, 15) is 9.59 Å². The Morgan fingerprint density at radius 2 is 1.45 bits per heavy atom. The van der Waals surface area contributed by atoms with Crippen molar-refractivity contribution in [2.75, 3.05) is 5.32 Å². The van der Waals surface area contributed by atoms with Gasteiger partial charge < -0.3 is 15.4 Å². The van der Waals surface area contributed by atoms with Crippen LogP contribution >= 0.6 is 0 Å². The number of rotatable bonds is 7. The van der Waals surface area contributed by atoms with Gasteiger partial charge in [0.05, 0.1) is 11.3 Å². The molecule has 1 saturated carbocycles. The lowest BCUT2D eigenvalue weighted by Crippen LogP contribution is -2.27. The molecular weight excluding hydrogens is 364 g/mol. The quantitative estimate of drug-likeness (QED) is 0.632. The van der Waals surface area contributed by atoms with Crippen LogP contribution in [0.2, 0.25) is 0 Å². The Balaban J connectivity index is 1.50. The highest BCUT2D eigenvalue weighted by atomic mass is 16.5. The van der Waals surface area contributed by atoms with Gasteiger partial charge in [-0.3, -0.25) is 9.59 Å². The first-order valence-electron chi connectivity index (χ1n) is 9.68. The number of anilines is 1. The molecule has 5 heteroatoms. The van der Waals surface area contributed by atoms with E-state index in [0.717, 1.165) is 24.2 Å². The van der Waals surface area contributed by atoms with Crippen molar-refractivity contribution in [3.05, 3.63) is 95.6 Å². The van der Waals surface area contributed by atoms with Crippen LogP contribution < -0.4 is 15.4 Å². The van der Waals surface area contributed by atoms with E-state index in [0.29, 0.717) is 16.8 Å². The monoisotopic (exact) mass is 386 g/mol. The van der Waals surface area contributed by atoms with Gasteiger partial charge in [-0.2, -0.15) is 0 Å². The van der Waals surface area contributed by atoms with Crippen molar-refractivity contribution in [3.63, 3.8) is 0 Å². The predicted octanol–water partition coefficient (Wildman–Crippen LogP) is 4.41. The number of hydrogen-bond acceptors (Lipinski definition) is 3. The lowest BCUT2D eigenvalue weighted by Gasteiger charge is -2.14. The largest absolute Gasteiger partial charge is 0.489 e. The third-order valence-corrected chi connectivity index (χ3v) is 4.73. The first-order valence-corrected chi connectivity index (χ1v) is 9.68. The van der Waals surface area contributed by atoms with Crippen molar-refractivity contribution in [1.29, 1.82) is 0 Å². The van der Waals surface area contributed by atoms with E-state index in [1.54, 1.807) is 30.3 Å². The number of nitrogens with one attached hydrogen (secondary N) is 2. The van der Waals surface area contributed by atoms with Crippen LogP contribution in [0.5, 0.6) is 5.75 Å². The van der Waals surface area contributed by atoms with Crippen molar-refractivity contribution < 1.29 is 14.3 Å². The Hall–Kier alpha value is -3.60. The first-order chi connectivity index (χ1) is 14.2. The minimum atomic E-state index is -0.274. The normalized spacial score (nSPS) is 12.8. The van der Waals surface area contributed by atoms with Crippen LogP contribution in [0.25, 0.3) is 0 Å². The number of ether oxygens (including phenoxy) is 1. The summed E-state index contributed by atoms with van der Waals surface area (Å²) in [6.07, 6.45) is 2.02. The van der Waals surface area contributed by atoms with Gasteiger partial charge in [-0.15, -0.1) is 0 Å². The Kier molecular flexibility index (Phi) is 5.56. The molecule has 0 aliphatic heterocycles. The summed E-state index contributed by atoms with van der Waals surface area (Å²) < 4.78 is 5.80. The molecule has 29 heavy (non-hydrogen) atoms. The smallest absolute Gasteiger partial charge is 0.256 e. The van der Waals surface area contributed by atoms with E-state index in [1.165, 1.54) is 0 Å². The molecule has 2 N–H and O–H groups in total. The van der Waals surface area contributed by atoms with Crippen LogP contribution in [-0.2, 0) is 6.61 Å². The molecular formula is C24H22N2O3. The number of hydrogen-bond donors (Lipinski definition) is 2. The van der Waals surface area contributed by atoms with Gasteiger partial charge in [0, 0.05) is 17.2 Å². The highest BCUT2D eigenvalue weighted by Gasteiger charge is 2.25. The average Bonchev–Trinajstić information content (AvgIpc) is 3.57. The molecule has 5 nitrogen and oxygen atoms in total. The summed E-state index contributed by atoms with van der Waals surface area (Å²) in [4.78, 5) is 25.4. The van der Waals surface area contributed by atoms with Crippen molar-refractivity contribution in [3.8, 4) is 5.75 Å². The minimum absolute atomic E-state index is 0.163. The fourth-order valence-corrected chi connectivity index (χ4v) is 3.02. The van der Waals surface area contributed by atoms with Crippen LogP contribution in [0.1, 0.15) is 39.1 Å². The topological polar surface area (TPSA) is 67.4 Å². The van der Waals surface area contributed by atoms with Crippen molar-refractivity contribution in [2.24, 2.45) is 0 Å². The Labute approximate surface area is 169 Å². The number of para-hydroxylation sites is 2. The maximum absolute atomic E-state index is 13.0. The molecule has 0 heterocycles. The van der Waals surface area contributed by atoms with Gasteiger partial charge in [-0.25, -0.2) is 0 Å². The van der Waals surface area contributed by atoms with Gasteiger partial charge in [0.2, 0.25) is 0 Å². The Morgan fingerprint density at radius 3 is 2.21 bits per heavy atom. The van der Waals surface area contributed by atoms with E-state index >= 15 is 0 Å². The highest BCUT2D eigenvalue weighted by molar-refractivity contribution is 6.09. The molecule has 1 aliphatic carbocycles. The van der Waals surface area contributed by atoms with Crippen LogP contribution in [0, 0.1) is 0 Å². The fraction of sp³-hybridized carbons (Fsp3) is 0.167. The molecule has 1 aliphatic rings. The van der Waals surface area contributed by atoms with Gasteiger partial charge in [0.15, 0.2) is 0 Å². The van der Waals surface area contributed by atoms with E-state index in [-0.39, 0.29) is 24.5 Å². The lowest BCUT2D eigenvalue weighted by atomic mass is 10.1. The molecule has 4 rings (SSSR count). The van der Waals surface area contributed by atoms with Crippen LogP contribution in [-0.4, -0.2) is 17.9 Å². The molecule has 146 valence electrons. The molecule has 0 bridgehead atoms. The average molecular weight is 386 g/mol. The highest BCUT2D eigenvalue weighted by Crippen LogP contribution is 2.22. The molecule has 1 fully saturated rings. The van der Waals surface area contributed by atoms with E-state index < -0.39 is 0 Å². The van der Waals surface area contributed by atoms with Crippen LogP contribution in [0.4, 0.5) is 5.69 Å². The summed E-state index contributed by atoms with van der Waals surface area (Å²) in [5.41, 5.74) is 2.25. The van der Waals surface area contributed by atoms with E-state index in [1.807, 2.05) is 48.5 Å². The SMILES string of the molecule is O=C(Nc1ccccc1C(=O)NC1CC1)c1ccccc1COc1ccccc1. The van der Waals surface area contributed by atoms with Gasteiger partial charge in [-0.1, -0.05) is 48.5 Å². The molecule has 0 atom stereocenters. The Morgan fingerprint density at radius 1 is 0.793 bits per heavy atom. The second-order valence-electron chi connectivity index (χ2n) is 7.01. The second-order valence-corrected chi connectivity index (χ2v) is 7.01. The molecule has 0 radical (unpaired) electrons. The minimum Gasteiger partial charge on any atom is -0.489 e. The number of benzene rings is 3. The maximum atomic E-state index is 13.0. The van der Waals surface area contributed by atoms with Gasteiger partial charge in [0.1, 0.15) is 12.4 Å². The number of amides is 2. The predicted molar refractivity (Wildman–Crippen MR) is 112 cm³/mol. The first kappa shape index (κ1) is 18.7. The lowest BCUT2D eigenvalue weighted by molar-refractivity contribution is 0.0952. The van der Waals surface area contributed by atoms with Crippen LogP contribution in [0.3, 0.4) is 0 Å². The molecule has 0 unspecified atom stereocenters. The van der Waals surface area contributed by atoms with Gasteiger partial charge in [0.25, 0.3) is 11.8 Å². The zero-order chi connectivity index (χ0) is 20.1. The standard InChI is InChI=1S/C24H22N2O3/c27-23(26-22-13-7-6-12-21(22)24(28)25-18-14-15-18)20-11-5-4-8-17(20)16-29-19-9-2-1-3-10-19/h1-13,18H,14-16H2,(H,25,28)(H,26,27). The fourth-order valence-electron chi connectivity index (χ4n) is 3.02. The number of carbonyl (C=O) groups excluding carboxylic acids is 2. The second kappa shape index (κ2) is 8.61. The molecule has 3 aromatic carbocycles. The molecule has 3 aromatic rings. The summed E-state index contributed by atoms with van der Waals surface area (Å²) in [6, 6.07) is 24.1. The van der Waals surface area contributed by atoms with Gasteiger partial charge in [-0.05, 0) is 43.2 Å². The van der Waals surface area contributed by atoms with E-state index in [4.69, 9.17) is 4.74 Å². The van der Waals surface area contributed by atoms with E-state index in [2.05, 4.69) is 10.6 Å². The molecule has 2 amide bonds. The molecule has 0 aromatic heterocycles. The summed E-state index contributed by atoms with van der Waals surface area (Å²) in [5.74, 6) is 0.304. The number of carbonyl (C=O) groups is 2. The van der Waals surface area contributed by atoms with Crippen molar-refractivity contribution >= 4 is 17.5 Å². The van der Waals surface area contributed by atoms with Crippen molar-refractivity contribution in [1.82, 2.24) is 5.32 Å². The molecule has 0 spiro atoms. The summed E-state index contributed by atoms with van der Waals surface area (Å²) in [5, 5.41) is 5.85. The summed E-state index contributed by atoms with van der Waals surface area (Å²) in [6.45, 7) is 0.275. The van der Waals surface area contributed by atoms with Gasteiger partial charge >= 0.3 is 0 Å². The molecule has 0 saturated heterocycles. The third-order valence-electron chi connectivity index (χ3n) is 4.73. The zero-order valence-corrected chi connectivity index (χ0v) is 15.9. The zero-order valence-electron chi connectivity index (χ0n) is 15.9. The maximum Gasteiger partial charge on any atom is 0.256 e.